The average Bonchev–Trinajstić information content (AvgIpc) is 2.43. The van der Waals surface area contributed by atoms with Crippen LogP contribution < -0.4 is 0 Å². The maximum Gasteiger partial charge on any atom is 0.333 e. The summed E-state index contributed by atoms with van der Waals surface area (Å²) in [6, 6.07) is 9.83. The predicted octanol–water partition coefficient (Wildman–Crippen LogP) is 3.55. The summed E-state index contributed by atoms with van der Waals surface area (Å²) in [6.45, 7) is 5.78. The number of esters is 1. The summed E-state index contributed by atoms with van der Waals surface area (Å²) in [7, 11) is 0. The summed E-state index contributed by atoms with van der Waals surface area (Å²) in [6.07, 6.45) is 1.75. The van der Waals surface area contributed by atoms with Crippen LogP contribution in [0.1, 0.15) is 25.1 Å². The summed E-state index contributed by atoms with van der Waals surface area (Å²) in [5.74, 6) is -0.277. The second kappa shape index (κ2) is 5.65. The smallest absolute Gasteiger partial charge is 0.333 e. The van der Waals surface area contributed by atoms with Crippen LogP contribution in [0.15, 0.2) is 42.0 Å². The number of hydrogen-bond donors (Lipinski definition) is 0. The fourth-order valence-corrected chi connectivity index (χ4v) is 1.89. The number of para-hydroxylation sites is 1. The zero-order valence-electron chi connectivity index (χ0n) is 11.4. The van der Waals surface area contributed by atoms with Crippen LogP contribution in [0.4, 0.5) is 0 Å². The third-order valence-corrected chi connectivity index (χ3v) is 3.04. The first-order chi connectivity index (χ1) is 9.11. The van der Waals surface area contributed by atoms with Gasteiger partial charge in [0, 0.05) is 22.2 Å². The topological polar surface area (TPSA) is 39.2 Å². The molecule has 0 fully saturated rings. The lowest BCUT2D eigenvalue weighted by molar-refractivity contribution is -0.140. The highest BCUT2D eigenvalue weighted by Gasteiger charge is 2.08. The second-order valence-corrected chi connectivity index (χ2v) is 4.49. The van der Waals surface area contributed by atoms with Gasteiger partial charge in [-0.05, 0) is 32.9 Å². The van der Waals surface area contributed by atoms with Gasteiger partial charge in [-0.1, -0.05) is 24.3 Å². The Bertz CT molecular complexity index is 644. The van der Waals surface area contributed by atoms with Crippen LogP contribution in [-0.2, 0) is 16.1 Å². The van der Waals surface area contributed by atoms with Crippen LogP contribution in [0.5, 0.6) is 0 Å². The quantitative estimate of drug-likeness (QED) is 0.622. The van der Waals surface area contributed by atoms with Crippen molar-refractivity contribution in [1.29, 1.82) is 0 Å². The van der Waals surface area contributed by atoms with Crippen molar-refractivity contribution in [3.63, 3.8) is 0 Å². The van der Waals surface area contributed by atoms with Gasteiger partial charge in [0.25, 0.3) is 0 Å². The molecule has 0 unspecified atom stereocenters. The Balaban J connectivity index is 2.28. The highest BCUT2D eigenvalue weighted by Crippen LogP contribution is 2.19. The van der Waals surface area contributed by atoms with Crippen molar-refractivity contribution < 1.29 is 9.53 Å². The fraction of sp³-hybridized carbons (Fsp3) is 0.250. The maximum absolute atomic E-state index is 11.7. The average molecular weight is 255 g/mol. The van der Waals surface area contributed by atoms with Gasteiger partial charge in [-0.3, -0.25) is 4.98 Å². The molecule has 0 amide bonds. The molecule has 0 aliphatic heterocycles. The van der Waals surface area contributed by atoms with Gasteiger partial charge in [0.15, 0.2) is 0 Å². The monoisotopic (exact) mass is 255 g/mol. The van der Waals surface area contributed by atoms with E-state index in [2.05, 4.69) is 4.98 Å². The highest BCUT2D eigenvalue weighted by molar-refractivity contribution is 5.88. The first-order valence-corrected chi connectivity index (χ1v) is 6.27. The molecule has 2 aromatic rings. The van der Waals surface area contributed by atoms with Crippen LogP contribution in [0.25, 0.3) is 10.9 Å². The molecule has 1 aromatic heterocycles. The van der Waals surface area contributed by atoms with Crippen molar-refractivity contribution in [1.82, 2.24) is 4.98 Å². The SMILES string of the molecule is C/C=C(\C)C(=O)OCc1cc(C)nc2ccccc12. The van der Waals surface area contributed by atoms with Gasteiger partial charge in [-0.25, -0.2) is 4.79 Å². The van der Waals surface area contributed by atoms with E-state index in [9.17, 15) is 4.79 Å². The normalized spacial score (nSPS) is 11.6. The van der Waals surface area contributed by atoms with Crippen LogP contribution in [-0.4, -0.2) is 11.0 Å². The van der Waals surface area contributed by atoms with Crippen LogP contribution in [0.3, 0.4) is 0 Å². The van der Waals surface area contributed by atoms with Crippen LogP contribution in [0, 0.1) is 6.92 Å². The van der Waals surface area contributed by atoms with Crippen LogP contribution in [0.2, 0.25) is 0 Å². The summed E-state index contributed by atoms with van der Waals surface area (Å²) >= 11 is 0. The van der Waals surface area contributed by atoms with E-state index in [4.69, 9.17) is 4.74 Å². The van der Waals surface area contributed by atoms with Gasteiger partial charge in [-0.2, -0.15) is 0 Å². The number of benzene rings is 1. The molecule has 3 heteroatoms. The van der Waals surface area contributed by atoms with Crippen molar-refractivity contribution in [3.05, 3.63) is 53.2 Å². The summed E-state index contributed by atoms with van der Waals surface area (Å²) in [4.78, 5) is 16.1. The number of carbonyl (C=O) groups excluding carboxylic acids is 1. The van der Waals surface area contributed by atoms with E-state index in [0.29, 0.717) is 5.57 Å². The van der Waals surface area contributed by atoms with E-state index in [1.54, 1.807) is 13.0 Å². The lowest BCUT2D eigenvalue weighted by Gasteiger charge is -2.09. The van der Waals surface area contributed by atoms with Crippen molar-refractivity contribution in [2.45, 2.75) is 27.4 Å². The number of nitrogens with zero attached hydrogens (tertiary/aromatic N) is 1. The van der Waals surface area contributed by atoms with E-state index in [-0.39, 0.29) is 12.6 Å². The molecule has 0 aliphatic rings. The minimum absolute atomic E-state index is 0.272. The molecule has 19 heavy (non-hydrogen) atoms. The number of pyridine rings is 1. The summed E-state index contributed by atoms with van der Waals surface area (Å²) < 4.78 is 5.31. The minimum atomic E-state index is -0.277. The number of aromatic nitrogens is 1. The molecule has 1 heterocycles. The fourth-order valence-electron chi connectivity index (χ4n) is 1.89. The third-order valence-electron chi connectivity index (χ3n) is 3.04. The molecule has 3 nitrogen and oxygen atoms in total. The molecule has 0 spiro atoms. The molecule has 0 saturated heterocycles. The Morgan fingerprint density at radius 2 is 2.11 bits per heavy atom. The third kappa shape index (κ3) is 2.99. The lowest BCUT2D eigenvalue weighted by Crippen LogP contribution is -2.06. The van der Waals surface area contributed by atoms with Crippen molar-refractivity contribution in [3.8, 4) is 0 Å². The van der Waals surface area contributed by atoms with Gasteiger partial charge in [-0.15, -0.1) is 0 Å². The van der Waals surface area contributed by atoms with E-state index in [1.807, 2.05) is 44.2 Å². The first kappa shape index (κ1) is 13.3. The Morgan fingerprint density at radius 1 is 1.37 bits per heavy atom. The van der Waals surface area contributed by atoms with Crippen molar-refractivity contribution in [2.24, 2.45) is 0 Å². The zero-order chi connectivity index (χ0) is 13.8. The largest absolute Gasteiger partial charge is 0.457 e. The molecule has 0 saturated carbocycles. The highest BCUT2D eigenvalue weighted by atomic mass is 16.5. The standard InChI is InChI=1S/C16H17NO2/c1-4-11(2)16(18)19-10-13-9-12(3)17-15-8-6-5-7-14(13)15/h4-9H,10H2,1-3H3/b11-4+. The molecule has 0 atom stereocenters. The number of allylic oxidation sites excluding steroid dienone is 1. The molecular formula is C16H17NO2. The molecule has 0 N–H and O–H groups in total. The molecule has 0 bridgehead atoms. The molecule has 0 aliphatic carbocycles. The van der Waals surface area contributed by atoms with Crippen molar-refractivity contribution in [2.75, 3.05) is 0 Å². The Kier molecular flexibility index (Phi) is 3.95. The Morgan fingerprint density at radius 3 is 2.84 bits per heavy atom. The molecule has 98 valence electrons. The molecule has 2 rings (SSSR count). The zero-order valence-corrected chi connectivity index (χ0v) is 11.4. The number of rotatable bonds is 3. The number of fused-ring (bicyclic) bond motifs is 1. The summed E-state index contributed by atoms with van der Waals surface area (Å²) in [5.41, 5.74) is 3.46. The first-order valence-electron chi connectivity index (χ1n) is 6.27. The number of carbonyl (C=O) groups is 1. The lowest BCUT2D eigenvalue weighted by atomic mass is 10.1. The summed E-state index contributed by atoms with van der Waals surface area (Å²) in [5, 5.41) is 1.03. The molecule has 1 aromatic carbocycles. The van der Waals surface area contributed by atoms with E-state index in [1.165, 1.54) is 0 Å². The van der Waals surface area contributed by atoms with Crippen molar-refractivity contribution >= 4 is 16.9 Å². The Labute approximate surface area is 112 Å². The van der Waals surface area contributed by atoms with E-state index >= 15 is 0 Å². The molecule has 0 radical (unpaired) electrons. The van der Waals surface area contributed by atoms with E-state index < -0.39 is 0 Å². The Hall–Kier alpha value is -2.16. The maximum atomic E-state index is 11.7. The number of hydrogen-bond acceptors (Lipinski definition) is 3. The number of ether oxygens (including phenoxy) is 1. The van der Waals surface area contributed by atoms with Gasteiger partial charge in [0.2, 0.25) is 0 Å². The minimum Gasteiger partial charge on any atom is -0.457 e. The second-order valence-electron chi connectivity index (χ2n) is 4.49. The van der Waals surface area contributed by atoms with Crippen LogP contribution >= 0.6 is 0 Å². The number of aryl methyl sites for hydroxylation is 1. The predicted molar refractivity (Wildman–Crippen MR) is 75.7 cm³/mol. The van der Waals surface area contributed by atoms with Gasteiger partial charge < -0.3 is 4.74 Å². The van der Waals surface area contributed by atoms with E-state index in [0.717, 1.165) is 22.2 Å². The van der Waals surface area contributed by atoms with Gasteiger partial charge in [0.05, 0.1) is 5.52 Å². The van der Waals surface area contributed by atoms with Gasteiger partial charge in [0.1, 0.15) is 6.61 Å². The van der Waals surface area contributed by atoms with Gasteiger partial charge >= 0.3 is 5.97 Å². The molecular weight excluding hydrogens is 238 g/mol.